The molecule has 1 aliphatic carbocycles. The van der Waals surface area contributed by atoms with Crippen LogP contribution in [0.2, 0.25) is 0 Å². The van der Waals surface area contributed by atoms with Crippen LogP contribution in [0.1, 0.15) is 50.1 Å². The van der Waals surface area contributed by atoms with Gasteiger partial charge in [0.15, 0.2) is 0 Å². The Bertz CT molecular complexity index is 414. The highest BCUT2D eigenvalue weighted by molar-refractivity contribution is 7.10. The van der Waals surface area contributed by atoms with Crippen LogP contribution in [0.3, 0.4) is 0 Å². The van der Waals surface area contributed by atoms with Gasteiger partial charge in [0.2, 0.25) is 5.91 Å². The number of aryl methyl sites for hydroxylation is 1. The molecule has 2 atom stereocenters. The Morgan fingerprint density at radius 3 is 2.94 bits per heavy atom. The zero-order chi connectivity index (χ0) is 13.1. The van der Waals surface area contributed by atoms with Crippen molar-refractivity contribution in [1.82, 2.24) is 10.6 Å². The third kappa shape index (κ3) is 3.12. The van der Waals surface area contributed by atoms with Crippen LogP contribution in [-0.2, 0) is 11.2 Å². The number of carbonyl (C=O) groups excluding carboxylic acids is 1. The molecule has 1 aromatic rings. The number of rotatable bonds is 4. The second kappa shape index (κ2) is 5.85. The minimum atomic E-state index is -0.136. The molecule has 1 aromatic heterocycles. The van der Waals surface area contributed by atoms with E-state index in [1.165, 1.54) is 23.3 Å². The predicted octanol–water partition coefficient (Wildman–Crippen LogP) is 2.63. The molecule has 0 bridgehead atoms. The average molecular weight is 266 g/mol. The van der Waals surface area contributed by atoms with Crippen LogP contribution >= 0.6 is 11.3 Å². The van der Waals surface area contributed by atoms with Gasteiger partial charge in [0.25, 0.3) is 0 Å². The highest BCUT2D eigenvalue weighted by Gasteiger charge is 2.24. The lowest BCUT2D eigenvalue weighted by Gasteiger charge is -2.27. The molecular weight excluding hydrogens is 244 g/mol. The Kier molecular flexibility index (Phi) is 4.40. The van der Waals surface area contributed by atoms with Gasteiger partial charge in [0, 0.05) is 17.0 Å². The van der Waals surface area contributed by atoms with Crippen molar-refractivity contribution in [2.75, 3.05) is 0 Å². The first kappa shape index (κ1) is 13.6. The summed E-state index contributed by atoms with van der Waals surface area (Å²) < 4.78 is 0. The fourth-order valence-corrected chi connectivity index (χ4v) is 3.43. The zero-order valence-electron chi connectivity index (χ0n) is 11.3. The highest BCUT2D eigenvalue weighted by atomic mass is 32.1. The van der Waals surface area contributed by atoms with E-state index in [9.17, 15) is 4.79 Å². The van der Waals surface area contributed by atoms with Crippen molar-refractivity contribution in [3.8, 4) is 0 Å². The minimum absolute atomic E-state index is 0.0901. The van der Waals surface area contributed by atoms with E-state index in [2.05, 4.69) is 22.1 Å². The van der Waals surface area contributed by atoms with E-state index in [1.807, 2.05) is 32.1 Å². The maximum Gasteiger partial charge on any atom is 0.237 e. The molecular formula is C14H22N2OS. The largest absolute Gasteiger partial charge is 0.353 e. The van der Waals surface area contributed by atoms with Crippen molar-refractivity contribution in [3.63, 3.8) is 0 Å². The van der Waals surface area contributed by atoms with E-state index in [0.717, 1.165) is 6.42 Å². The number of fused-ring (bicyclic) bond motifs is 1. The monoisotopic (exact) mass is 266 g/mol. The van der Waals surface area contributed by atoms with Gasteiger partial charge in [-0.25, -0.2) is 0 Å². The molecule has 18 heavy (non-hydrogen) atoms. The van der Waals surface area contributed by atoms with Gasteiger partial charge in [-0.2, -0.15) is 0 Å². The van der Waals surface area contributed by atoms with Gasteiger partial charge in [-0.3, -0.25) is 10.1 Å². The molecule has 0 spiro atoms. The van der Waals surface area contributed by atoms with Gasteiger partial charge < -0.3 is 5.32 Å². The molecule has 2 rings (SSSR count). The van der Waals surface area contributed by atoms with Crippen molar-refractivity contribution in [2.45, 2.75) is 58.2 Å². The second-order valence-corrected chi connectivity index (χ2v) is 6.30. The molecule has 0 saturated heterocycles. The van der Waals surface area contributed by atoms with Crippen LogP contribution in [-0.4, -0.2) is 18.0 Å². The first-order valence-electron chi connectivity index (χ1n) is 6.70. The summed E-state index contributed by atoms with van der Waals surface area (Å²) in [7, 11) is 0. The third-order valence-electron chi connectivity index (χ3n) is 3.33. The quantitative estimate of drug-likeness (QED) is 0.879. The van der Waals surface area contributed by atoms with Crippen molar-refractivity contribution in [3.05, 3.63) is 21.9 Å². The smallest absolute Gasteiger partial charge is 0.237 e. The third-order valence-corrected chi connectivity index (χ3v) is 4.32. The minimum Gasteiger partial charge on any atom is -0.353 e. The van der Waals surface area contributed by atoms with Crippen LogP contribution in [0.25, 0.3) is 0 Å². The molecule has 0 radical (unpaired) electrons. The molecule has 2 N–H and O–H groups in total. The van der Waals surface area contributed by atoms with E-state index < -0.39 is 0 Å². The summed E-state index contributed by atoms with van der Waals surface area (Å²) in [5.74, 6) is 0.0901. The molecule has 1 heterocycles. The van der Waals surface area contributed by atoms with E-state index in [0.29, 0.717) is 6.04 Å². The van der Waals surface area contributed by atoms with Crippen LogP contribution in [0.4, 0.5) is 0 Å². The summed E-state index contributed by atoms with van der Waals surface area (Å²) in [6, 6.07) is 2.60. The summed E-state index contributed by atoms with van der Waals surface area (Å²) >= 11 is 1.83. The topological polar surface area (TPSA) is 41.1 Å². The summed E-state index contributed by atoms with van der Waals surface area (Å²) in [5, 5.41) is 8.57. The summed E-state index contributed by atoms with van der Waals surface area (Å²) in [5.41, 5.74) is 1.40. The maximum atomic E-state index is 11.9. The van der Waals surface area contributed by atoms with Crippen molar-refractivity contribution < 1.29 is 4.79 Å². The molecule has 2 unspecified atom stereocenters. The molecule has 1 aliphatic rings. The van der Waals surface area contributed by atoms with E-state index in [4.69, 9.17) is 0 Å². The molecule has 4 heteroatoms. The predicted molar refractivity (Wildman–Crippen MR) is 75.9 cm³/mol. The molecule has 1 amide bonds. The first-order chi connectivity index (χ1) is 8.58. The van der Waals surface area contributed by atoms with Crippen molar-refractivity contribution >= 4 is 17.2 Å². The van der Waals surface area contributed by atoms with E-state index in [-0.39, 0.29) is 18.0 Å². The SMILES string of the molecule is CC(C)NC(=O)C(C)NC1CCCc2sccc21. The zero-order valence-corrected chi connectivity index (χ0v) is 12.1. The fourth-order valence-electron chi connectivity index (χ4n) is 2.45. The van der Waals surface area contributed by atoms with Crippen LogP contribution < -0.4 is 10.6 Å². The van der Waals surface area contributed by atoms with Crippen molar-refractivity contribution in [1.29, 1.82) is 0 Å². The van der Waals surface area contributed by atoms with Crippen molar-refractivity contribution in [2.24, 2.45) is 0 Å². The molecule has 0 aliphatic heterocycles. The Morgan fingerprint density at radius 1 is 1.44 bits per heavy atom. The molecule has 0 fully saturated rings. The Labute approximate surface area is 113 Å². The van der Waals surface area contributed by atoms with Gasteiger partial charge in [0.1, 0.15) is 0 Å². The lowest BCUT2D eigenvalue weighted by molar-refractivity contribution is -0.123. The molecule has 3 nitrogen and oxygen atoms in total. The van der Waals surface area contributed by atoms with Crippen LogP contribution in [0, 0.1) is 0 Å². The molecule has 0 saturated carbocycles. The first-order valence-corrected chi connectivity index (χ1v) is 7.58. The average Bonchev–Trinajstić information content (AvgIpc) is 2.77. The van der Waals surface area contributed by atoms with Gasteiger partial charge >= 0.3 is 0 Å². The second-order valence-electron chi connectivity index (χ2n) is 5.30. The van der Waals surface area contributed by atoms with Crippen LogP contribution in [0.15, 0.2) is 11.4 Å². The normalized spacial score (nSPS) is 20.6. The number of hydrogen-bond acceptors (Lipinski definition) is 3. The standard InChI is InChI=1S/C14H22N2OS/c1-9(2)15-14(17)10(3)16-12-5-4-6-13-11(12)7-8-18-13/h7-10,12,16H,4-6H2,1-3H3,(H,15,17). The number of hydrogen-bond donors (Lipinski definition) is 2. The lowest BCUT2D eigenvalue weighted by atomic mass is 9.93. The summed E-state index contributed by atoms with van der Waals surface area (Å²) in [6.07, 6.45) is 3.53. The van der Waals surface area contributed by atoms with Gasteiger partial charge in [-0.05, 0) is 57.0 Å². The fraction of sp³-hybridized carbons (Fsp3) is 0.643. The molecule has 0 aromatic carbocycles. The summed E-state index contributed by atoms with van der Waals surface area (Å²) in [6.45, 7) is 5.92. The van der Waals surface area contributed by atoms with Gasteiger partial charge in [-0.1, -0.05) is 0 Å². The van der Waals surface area contributed by atoms with E-state index >= 15 is 0 Å². The Morgan fingerprint density at radius 2 is 2.22 bits per heavy atom. The molecule has 100 valence electrons. The maximum absolute atomic E-state index is 11.9. The number of amides is 1. The van der Waals surface area contributed by atoms with E-state index in [1.54, 1.807) is 0 Å². The number of carbonyl (C=O) groups is 1. The van der Waals surface area contributed by atoms with Gasteiger partial charge in [-0.15, -0.1) is 11.3 Å². The number of thiophene rings is 1. The van der Waals surface area contributed by atoms with Crippen LogP contribution in [0.5, 0.6) is 0 Å². The summed E-state index contributed by atoms with van der Waals surface area (Å²) in [4.78, 5) is 13.4. The highest BCUT2D eigenvalue weighted by Crippen LogP contribution is 2.33. The lowest BCUT2D eigenvalue weighted by Crippen LogP contribution is -2.46. The Balaban J connectivity index is 1.97. The van der Waals surface area contributed by atoms with Gasteiger partial charge in [0.05, 0.1) is 6.04 Å². The number of nitrogens with one attached hydrogen (secondary N) is 2. The Hall–Kier alpha value is -0.870.